The zero-order valence-electron chi connectivity index (χ0n) is 24.0. The van der Waals surface area contributed by atoms with E-state index in [-0.39, 0.29) is 29.5 Å². The van der Waals surface area contributed by atoms with E-state index in [2.05, 4.69) is 25.4 Å². The molecule has 43 heavy (non-hydrogen) atoms. The van der Waals surface area contributed by atoms with Crippen molar-refractivity contribution < 1.29 is 68.6 Å². The molecule has 0 saturated heterocycles. The fourth-order valence-corrected chi connectivity index (χ4v) is 2.64. The first-order valence-corrected chi connectivity index (χ1v) is 13.3. The Morgan fingerprint density at radius 2 is 0.907 bits per heavy atom. The predicted octanol–water partition coefficient (Wildman–Crippen LogP) is 6.54. The lowest BCUT2D eigenvalue weighted by molar-refractivity contribution is -0.253. The van der Waals surface area contributed by atoms with Crippen LogP contribution in [0, 0.1) is 0 Å². The van der Waals surface area contributed by atoms with Crippen molar-refractivity contribution in [2.75, 3.05) is 0 Å². The topological polar surface area (TPSA) is 86.6 Å². The van der Waals surface area contributed by atoms with Gasteiger partial charge in [-0.2, -0.15) is 35.1 Å². The summed E-state index contributed by atoms with van der Waals surface area (Å²) in [5.74, 6) is -0.798. The molecule has 2 aromatic rings. The fraction of sp³-hybridized carbons (Fsp3) is 0.520. The van der Waals surface area contributed by atoms with Crippen molar-refractivity contribution in [2.45, 2.75) is 84.9 Å². The Morgan fingerprint density at radius 1 is 0.605 bits per heavy atom. The van der Waals surface area contributed by atoms with Crippen LogP contribution < -0.4 is 14.9 Å². The molecule has 0 radical (unpaired) electrons. The molecule has 0 aliphatic rings. The molecule has 244 valence electrons. The van der Waals surface area contributed by atoms with Crippen molar-refractivity contribution in [3.8, 4) is 11.5 Å². The largest absolute Gasteiger partial charge is 0.639 e. The number of halogens is 9. The molecule has 2 aromatic carbocycles. The number of benzene rings is 2. The Balaban J connectivity index is 0.000000620. The molecule has 0 unspecified atom stereocenters. The molecule has 0 aliphatic heterocycles. The van der Waals surface area contributed by atoms with E-state index >= 15 is 0 Å². The summed E-state index contributed by atoms with van der Waals surface area (Å²) in [6.45, 7) is 11.8. The normalized spacial score (nSPS) is 11.8. The van der Waals surface area contributed by atoms with E-state index in [0.29, 0.717) is 4.47 Å². The molecule has 0 amide bonds. The van der Waals surface area contributed by atoms with Crippen LogP contribution in [-0.4, -0.2) is 67.9 Å². The average molecular weight is 699 g/mol. The Kier molecular flexibility index (Phi) is 18.4. The van der Waals surface area contributed by atoms with Crippen LogP contribution in [-0.2, 0) is 14.0 Å². The van der Waals surface area contributed by atoms with E-state index in [4.69, 9.17) is 24.0 Å². The van der Waals surface area contributed by atoms with Crippen LogP contribution in [0.5, 0.6) is 11.5 Å². The van der Waals surface area contributed by atoms with Crippen molar-refractivity contribution in [3.63, 3.8) is 0 Å². The minimum Gasteiger partial charge on any atom is -0.428 e. The Bertz CT molecular complexity index is 996. The van der Waals surface area contributed by atoms with Crippen molar-refractivity contribution in [1.82, 2.24) is 0 Å². The maximum atomic E-state index is 12.4. The Labute approximate surface area is 253 Å². The van der Waals surface area contributed by atoms with Crippen molar-refractivity contribution in [1.29, 1.82) is 0 Å². The second-order valence-corrected chi connectivity index (χ2v) is 10.1. The van der Waals surface area contributed by atoms with Crippen LogP contribution in [0.1, 0.15) is 41.5 Å². The summed E-state index contributed by atoms with van der Waals surface area (Å²) < 4.78 is 121. The second-order valence-electron chi connectivity index (χ2n) is 9.17. The number of hydrogen-bond acceptors (Lipinski definition) is 7. The molecule has 2 rings (SSSR count). The first-order valence-electron chi connectivity index (χ1n) is 12.5. The monoisotopic (exact) mass is 698 g/mol. The predicted molar refractivity (Wildman–Crippen MR) is 148 cm³/mol. The minimum absolute atomic E-state index is 0.0349. The third-order valence-electron chi connectivity index (χ3n) is 4.16. The SMILES string of the molecule is CC(C)OB(OC(C)C)OC(C)C.FC(F)C(F)(F)Oc1ccc(Br)cc1.OB(O)c1ccc(OC(F)(F)C(F)F)cc1. The van der Waals surface area contributed by atoms with Gasteiger partial charge in [-0.25, -0.2) is 0 Å². The maximum absolute atomic E-state index is 12.4. The minimum atomic E-state index is -4.57. The fourth-order valence-electron chi connectivity index (χ4n) is 2.38. The molecule has 0 heterocycles. The number of ether oxygens (including phenoxy) is 2. The summed E-state index contributed by atoms with van der Waals surface area (Å²) in [6, 6.07) is 9.17. The van der Waals surface area contributed by atoms with E-state index in [0.717, 1.165) is 24.3 Å². The van der Waals surface area contributed by atoms with Gasteiger partial charge in [0.05, 0.1) is 0 Å². The summed E-state index contributed by atoms with van der Waals surface area (Å²) >= 11 is 3.06. The highest BCUT2D eigenvalue weighted by molar-refractivity contribution is 9.10. The maximum Gasteiger partial charge on any atom is 0.639 e. The zero-order chi connectivity index (χ0) is 33.5. The van der Waals surface area contributed by atoms with Crippen LogP contribution in [0.25, 0.3) is 0 Å². The molecule has 2 N–H and O–H groups in total. The highest BCUT2D eigenvalue weighted by Gasteiger charge is 2.44. The van der Waals surface area contributed by atoms with Gasteiger partial charge in [-0.3, -0.25) is 0 Å². The number of alkyl halides is 8. The molecule has 0 aromatic heterocycles. The lowest BCUT2D eigenvalue weighted by Crippen LogP contribution is -2.34. The van der Waals surface area contributed by atoms with Crippen molar-refractivity contribution in [2.24, 2.45) is 0 Å². The summed E-state index contributed by atoms with van der Waals surface area (Å²) in [6.07, 6.45) is -16.5. The summed E-state index contributed by atoms with van der Waals surface area (Å²) in [5, 5.41) is 17.4. The number of hydrogen-bond donors (Lipinski definition) is 2. The Hall–Kier alpha value is -2.11. The van der Waals surface area contributed by atoms with E-state index < -0.39 is 45.3 Å². The molecule has 0 aliphatic carbocycles. The Morgan fingerprint density at radius 3 is 1.16 bits per heavy atom. The second kappa shape index (κ2) is 19.3. The van der Waals surface area contributed by atoms with Gasteiger partial charge in [0.2, 0.25) is 0 Å². The van der Waals surface area contributed by atoms with E-state index in [1.165, 1.54) is 24.3 Å². The van der Waals surface area contributed by atoms with Gasteiger partial charge in [-0.05, 0) is 83.4 Å². The standard InChI is InChI=1S/C9H21BO3.C8H7BF4O3.C8H5BrF4O/c1-7(2)11-10(12-8(3)4)13-9(5)6;10-7(11)8(12,13)16-6-3-1-5(2-4-6)9(14)15;9-5-1-3-6(4-2-5)14-8(12,13)7(10)11/h7-9H,1-6H3;1-4,7,14-15H;1-4,7H. The van der Waals surface area contributed by atoms with Gasteiger partial charge >= 0.3 is 39.5 Å². The van der Waals surface area contributed by atoms with Gasteiger partial charge in [0.25, 0.3) is 0 Å². The average Bonchev–Trinajstić information content (AvgIpc) is 2.85. The van der Waals surface area contributed by atoms with Crippen molar-refractivity contribution in [3.05, 3.63) is 53.0 Å². The summed E-state index contributed by atoms with van der Waals surface area (Å²) in [4.78, 5) is 0. The highest BCUT2D eigenvalue weighted by atomic mass is 79.9. The van der Waals surface area contributed by atoms with Crippen LogP contribution in [0.3, 0.4) is 0 Å². The molecular weight excluding hydrogens is 666 g/mol. The molecule has 0 fully saturated rings. The lowest BCUT2D eigenvalue weighted by Gasteiger charge is -2.20. The molecule has 0 atom stereocenters. The van der Waals surface area contributed by atoms with Gasteiger partial charge in [-0.15, -0.1) is 0 Å². The lowest BCUT2D eigenvalue weighted by atomic mass is 9.80. The van der Waals surface area contributed by atoms with E-state index in [9.17, 15) is 35.1 Å². The van der Waals surface area contributed by atoms with Gasteiger partial charge in [0.15, 0.2) is 0 Å². The van der Waals surface area contributed by atoms with Crippen molar-refractivity contribution >= 4 is 35.8 Å². The smallest absolute Gasteiger partial charge is 0.428 e. The van der Waals surface area contributed by atoms with Crippen LogP contribution in [0.4, 0.5) is 35.1 Å². The van der Waals surface area contributed by atoms with Gasteiger partial charge < -0.3 is 33.5 Å². The molecular formula is C25H33B2BrF8O7. The third kappa shape index (κ3) is 18.3. The first-order chi connectivity index (χ1) is 19.7. The molecule has 0 saturated carbocycles. The molecule has 7 nitrogen and oxygen atoms in total. The van der Waals surface area contributed by atoms with Crippen LogP contribution in [0.15, 0.2) is 53.0 Å². The molecule has 0 spiro atoms. The van der Waals surface area contributed by atoms with Crippen LogP contribution >= 0.6 is 15.9 Å². The van der Waals surface area contributed by atoms with Gasteiger partial charge in [0.1, 0.15) is 11.5 Å². The van der Waals surface area contributed by atoms with Crippen LogP contribution in [0.2, 0.25) is 0 Å². The van der Waals surface area contributed by atoms with Gasteiger partial charge in [-0.1, -0.05) is 28.1 Å². The quantitative estimate of drug-likeness (QED) is 0.182. The van der Waals surface area contributed by atoms with Gasteiger partial charge in [0, 0.05) is 22.8 Å². The highest BCUT2D eigenvalue weighted by Crippen LogP contribution is 2.28. The molecule has 0 bridgehead atoms. The summed E-state index contributed by atoms with van der Waals surface area (Å²) in [7, 11) is -2.30. The summed E-state index contributed by atoms with van der Waals surface area (Å²) in [5.41, 5.74) is 0.0349. The van der Waals surface area contributed by atoms with E-state index in [1.807, 2.05) is 41.5 Å². The number of rotatable bonds is 13. The molecule has 18 heteroatoms. The third-order valence-corrected chi connectivity index (χ3v) is 4.69. The van der Waals surface area contributed by atoms with E-state index in [1.54, 1.807) is 0 Å². The first kappa shape index (κ1) is 40.9. The zero-order valence-corrected chi connectivity index (χ0v) is 25.6.